The zero-order chi connectivity index (χ0) is 16.3. The summed E-state index contributed by atoms with van der Waals surface area (Å²) in [6, 6.07) is 6.78. The van der Waals surface area contributed by atoms with Crippen LogP contribution in [0.2, 0.25) is 0 Å². The summed E-state index contributed by atoms with van der Waals surface area (Å²) in [5, 5.41) is 10.6. The van der Waals surface area contributed by atoms with Gasteiger partial charge in [0, 0.05) is 17.7 Å². The minimum atomic E-state index is -0.825. The first-order valence-corrected chi connectivity index (χ1v) is 6.03. The van der Waals surface area contributed by atoms with E-state index in [1.165, 1.54) is 37.4 Å². The SMILES string of the molecule is COC(=O)c1cc(-c2ccc([N+](=O)[O-])cc2)oc1C(=O)OC. The van der Waals surface area contributed by atoms with Gasteiger partial charge in [-0.3, -0.25) is 10.1 Å². The maximum atomic E-state index is 11.7. The van der Waals surface area contributed by atoms with Gasteiger partial charge < -0.3 is 13.9 Å². The molecule has 0 aliphatic rings. The van der Waals surface area contributed by atoms with Gasteiger partial charge in [0.05, 0.1) is 19.1 Å². The second kappa shape index (κ2) is 6.08. The zero-order valence-corrected chi connectivity index (χ0v) is 11.7. The number of carbonyl (C=O) groups excluding carboxylic acids is 2. The van der Waals surface area contributed by atoms with Gasteiger partial charge in [0.15, 0.2) is 0 Å². The van der Waals surface area contributed by atoms with Crippen LogP contribution in [0.4, 0.5) is 5.69 Å². The van der Waals surface area contributed by atoms with Gasteiger partial charge in [0.25, 0.3) is 5.69 Å². The van der Waals surface area contributed by atoms with E-state index in [2.05, 4.69) is 9.47 Å². The topological polar surface area (TPSA) is 109 Å². The number of methoxy groups -OCH3 is 2. The zero-order valence-electron chi connectivity index (χ0n) is 11.7. The molecule has 0 aliphatic carbocycles. The fourth-order valence-corrected chi connectivity index (χ4v) is 1.79. The van der Waals surface area contributed by atoms with E-state index in [1.807, 2.05) is 0 Å². The van der Waals surface area contributed by atoms with Crippen LogP contribution < -0.4 is 0 Å². The van der Waals surface area contributed by atoms with E-state index in [1.54, 1.807) is 0 Å². The highest BCUT2D eigenvalue weighted by Crippen LogP contribution is 2.28. The minimum Gasteiger partial charge on any atom is -0.465 e. The molecule has 0 saturated carbocycles. The Balaban J connectivity index is 2.47. The highest BCUT2D eigenvalue weighted by Gasteiger charge is 2.25. The van der Waals surface area contributed by atoms with E-state index in [0.29, 0.717) is 5.56 Å². The molecule has 0 bridgehead atoms. The predicted molar refractivity (Wildman–Crippen MR) is 73.5 cm³/mol. The van der Waals surface area contributed by atoms with E-state index >= 15 is 0 Å². The molecule has 2 rings (SSSR count). The van der Waals surface area contributed by atoms with Crippen LogP contribution in [0.15, 0.2) is 34.7 Å². The van der Waals surface area contributed by atoms with Crippen molar-refractivity contribution in [1.29, 1.82) is 0 Å². The second-order valence-electron chi connectivity index (χ2n) is 4.14. The molecule has 0 spiro atoms. The van der Waals surface area contributed by atoms with E-state index < -0.39 is 16.9 Å². The van der Waals surface area contributed by atoms with Gasteiger partial charge in [-0.1, -0.05) is 0 Å². The summed E-state index contributed by atoms with van der Waals surface area (Å²) in [6.07, 6.45) is 0. The molecule has 1 aromatic carbocycles. The van der Waals surface area contributed by atoms with Gasteiger partial charge in [-0.2, -0.15) is 0 Å². The third-order valence-corrected chi connectivity index (χ3v) is 2.87. The highest BCUT2D eigenvalue weighted by molar-refractivity contribution is 6.02. The quantitative estimate of drug-likeness (QED) is 0.484. The van der Waals surface area contributed by atoms with E-state index in [4.69, 9.17) is 4.42 Å². The summed E-state index contributed by atoms with van der Waals surface area (Å²) in [7, 11) is 2.32. The minimum absolute atomic E-state index is 0.0808. The van der Waals surface area contributed by atoms with Crippen LogP contribution in [0.5, 0.6) is 0 Å². The Labute approximate surface area is 124 Å². The molecule has 0 atom stereocenters. The molecule has 1 heterocycles. The van der Waals surface area contributed by atoms with Crippen molar-refractivity contribution in [2.24, 2.45) is 0 Å². The number of rotatable bonds is 4. The van der Waals surface area contributed by atoms with Crippen LogP contribution in [-0.2, 0) is 9.47 Å². The van der Waals surface area contributed by atoms with Crippen molar-refractivity contribution in [3.63, 3.8) is 0 Å². The number of nitro benzene ring substituents is 1. The van der Waals surface area contributed by atoms with Crippen molar-refractivity contribution in [2.75, 3.05) is 14.2 Å². The van der Waals surface area contributed by atoms with Crippen LogP contribution in [0.1, 0.15) is 20.9 Å². The van der Waals surface area contributed by atoms with Gasteiger partial charge in [-0.05, 0) is 18.2 Å². The highest BCUT2D eigenvalue weighted by atomic mass is 16.6. The summed E-state index contributed by atoms with van der Waals surface area (Å²) in [6.45, 7) is 0. The van der Waals surface area contributed by atoms with E-state index in [9.17, 15) is 19.7 Å². The number of hydrogen-bond acceptors (Lipinski definition) is 7. The Kier molecular flexibility index (Phi) is 4.21. The normalized spacial score (nSPS) is 10.1. The van der Waals surface area contributed by atoms with Gasteiger partial charge in [-0.15, -0.1) is 0 Å². The molecule has 0 saturated heterocycles. The molecular formula is C14H11NO7. The lowest BCUT2D eigenvalue weighted by atomic mass is 10.1. The lowest BCUT2D eigenvalue weighted by molar-refractivity contribution is -0.384. The fourth-order valence-electron chi connectivity index (χ4n) is 1.79. The fraction of sp³-hybridized carbons (Fsp3) is 0.143. The Hall–Kier alpha value is -3.16. The Morgan fingerprint density at radius 3 is 2.18 bits per heavy atom. The number of non-ortho nitro benzene ring substituents is 1. The van der Waals surface area contributed by atoms with Crippen molar-refractivity contribution in [3.05, 3.63) is 51.8 Å². The van der Waals surface area contributed by atoms with Crippen molar-refractivity contribution in [1.82, 2.24) is 0 Å². The maximum absolute atomic E-state index is 11.7. The standard InChI is InChI=1S/C14H11NO7/c1-20-13(16)10-7-11(22-12(10)14(17)21-2)8-3-5-9(6-4-8)15(18)19/h3-7H,1-2H3. The van der Waals surface area contributed by atoms with Crippen molar-refractivity contribution in [2.45, 2.75) is 0 Å². The summed E-state index contributed by atoms with van der Waals surface area (Å²) in [4.78, 5) is 33.4. The molecule has 22 heavy (non-hydrogen) atoms. The molecule has 1 aromatic heterocycles. The molecule has 0 aliphatic heterocycles. The average Bonchev–Trinajstić information content (AvgIpc) is 2.98. The lowest BCUT2D eigenvalue weighted by Crippen LogP contribution is -2.08. The lowest BCUT2D eigenvalue weighted by Gasteiger charge is -1.98. The van der Waals surface area contributed by atoms with Gasteiger partial charge in [-0.25, -0.2) is 9.59 Å². The monoisotopic (exact) mass is 305 g/mol. The molecule has 114 valence electrons. The molecule has 0 amide bonds. The van der Waals surface area contributed by atoms with Crippen molar-refractivity contribution in [3.8, 4) is 11.3 Å². The molecule has 0 unspecified atom stereocenters. The molecule has 2 aromatic rings. The largest absolute Gasteiger partial charge is 0.465 e. The number of nitrogens with zero attached hydrogens (tertiary/aromatic N) is 1. The molecule has 8 nitrogen and oxygen atoms in total. The van der Waals surface area contributed by atoms with Crippen molar-refractivity contribution < 1.29 is 28.4 Å². The first kappa shape index (κ1) is 15.2. The summed E-state index contributed by atoms with van der Waals surface area (Å²) >= 11 is 0. The molecule has 0 radical (unpaired) electrons. The van der Waals surface area contributed by atoms with Crippen LogP contribution in [0, 0.1) is 10.1 Å². The maximum Gasteiger partial charge on any atom is 0.374 e. The van der Waals surface area contributed by atoms with Gasteiger partial charge >= 0.3 is 11.9 Å². The third kappa shape index (κ3) is 2.80. The summed E-state index contributed by atoms with van der Waals surface area (Å²) in [5.74, 6) is -1.68. The number of carbonyl (C=O) groups is 2. The smallest absolute Gasteiger partial charge is 0.374 e. The average molecular weight is 305 g/mol. The molecule has 8 heteroatoms. The molecule has 0 N–H and O–H groups in total. The predicted octanol–water partition coefficient (Wildman–Crippen LogP) is 2.43. The third-order valence-electron chi connectivity index (χ3n) is 2.87. The van der Waals surface area contributed by atoms with Crippen molar-refractivity contribution >= 4 is 17.6 Å². The van der Waals surface area contributed by atoms with Gasteiger partial charge in [0.2, 0.25) is 5.76 Å². The van der Waals surface area contributed by atoms with Gasteiger partial charge in [0.1, 0.15) is 11.3 Å². The number of ether oxygens (including phenoxy) is 2. The molecule has 0 fully saturated rings. The first-order valence-electron chi connectivity index (χ1n) is 6.03. The molecular weight excluding hydrogens is 294 g/mol. The Morgan fingerprint density at radius 1 is 1.09 bits per heavy atom. The summed E-state index contributed by atoms with van der Waals surface area (Å²) < 4.78 is 14.4. The van der Waals surface area contributed by atoms with E-state index in [0.717, 1.165) is 7.11 Å². The van der Waals surface area contributed by atoms with Crippen LogP contribution in [-0.4, -0.2) is 31.1 Å². The number of nitro groups is 1. The number of hydrogen-bond donors (Lipinski definition) is 0. The number of benzene rings is 1. The van der Waals surface area contributed by atoms with Crippen LogP contribution >= 0.6 is 0 Å². The van der Waals surface area contributed by atoms with E-state index in [-0.39, 0.29) is 22.8 Å². The van der Waals surface area contributed by atoms with Crippen LogP contribution in [0.3, 0.4) is 0 Å². The number of esters is 2. The Morgan fingerprint density at radius 2 is 1.68 bits per heavy atom. The second-order valence-corrected chi connectivity index (χ2v) is 4.14. The summed E-state index contributed by atoms with van der Waals surface area (Å²) in [5.41, 5.74) is 0.297. The van der Waals surface area contributed by atoms with Crippen LogP contribution in [0.25, 0.3) is 11.3 Å². The first-order chi connectivity index (χ1) is 10.5. The Bertz CT molecular complexity index is 697. The number of furan rings is 1.